The van der Waals surface area contributed by atoms with Crippen LogP contribution < -0.4 is 14.9 Å². The zero-order valence-corrected chi connectivity index (χ0v) is 18.4. The minimum absolute atomic E-state index is 0.0985. The van der Waals surface area contributed by atoms with Crippen LogP contribution >= 0.6 is 0 Å². The van der Waals surface area contributed by atoms with Gasteiger partial charge in [0.1, 0.15) is 17.2 Å². The molecule has 0 bridgehead atoms. The summed E-state index contributed by atoms with van der Waals surface area (Å²) in [5, 5.41) is 4.49. The Morgan fingerprint density at radius 3 is 1.79 bits per heavy atom. The highest BCUT2D eigenvalue weighted by Crippen LogP contribution is 2.36. The number of carbonyl (C=O) groups is 2. The second-order valence-electron chi connectivity index (χ2n) is 7.18. The zero-order chi connectivity index (χ0) is 23.4. The number of fused-ring (bicyclic) bond motifs is 3. The number of ketones is 1. The molecular weight excluding hydrogens is 420 g/mol. The Kier molecular flexibility index (Phi) is 6.22. The number of carbonyl (C=O) groups excluding carboxylic acids is 2. The molecule has 0 radical (unpaired) electrons. The molecule has 1 N–H and O–H groups in total. The van der Waals surface area contributed by atoms with Crippen LogP contribution in [0, 0.1) is 0 Å². The largest absolute Gasteiger partial charge is 0.497 e. The second kappa shape index (κ2) is 9.40. The maximum atomic E-state index is 12.9. The topological polar surface area (TPSA) is 86.2 Å². The summed E-state index contributed by atoms with van der Waals surface area (Å²) >= 11 is 0. The molecule has 0 spiro atoms. The number of hydrogen-bond acceptors (Lipinski definition) is 7. The number of methoxy groups -OCH3 is 3. The minimum atomic E-state index is -0.720. The molecule has 0 unspecified atom stereocenters. The van der Waals surface area contributed by atoms with E-state index in [2.05, 4.69) is 10.5 Å². The third-order valence-electron chi connectivity index (χ3n) is 5.26. The summed E-state index contributed by atoms with van der Waals surface area (Å²) in [4.78, 5) is 25.3. The van der Waals surface area contributed by atoms with Crippen molar-refractivity contribution >= 4 is 17.5 Å². The van der Waals surface area contributed by atoms with Crippen LogP contribution in [0.25, 0.3) is 11.1 Å². The molecule has 0 fully saturated rings. The van der Waals surface area contributed by atoms with Crippen LogP contribution in [0.5, 0.6) is 11.5 Å². The standard InChI is InChI=1S/C26H22N2O5/c1-31-17-12-16(13-18(14-17)32-2)24(29)15-23(26(30)33-3)27-28-25-21-10-6-4-8-19(21)20-9-5-7-11-22(20)25/h4-15,27H,1-3H3/b23-15-. The van der Waals surface area contributed by atoms with Crippen molar-refractivity contribution in [2.24, 2.45) is 5.10 Å². The highest BCUT2D eigenvalue weighted by atomic mass is 16.5. The van der Waals surface area contributed by atoms with E-state index in [0.717, 1.165) is 28.3 Å². The normalized spacial score (nSPS) is 11.8. The van der Waals surface area contributed by atoms with E-state index < -0.39 is 11.8 Å². The summed E-state index contributed by atoms with van der Waals surface area (Å²) < 4.78 is 15.3. The first kappa shape index (κ1) is 21.8. The van der Waals surface area contributed by atoms with Gasteiger partial charge in [-0.25, -0.2) is 4.79 Å². The lowest BCUT2D eigenvalue weighted by atomic mass is 10.1. The lowest BCUT2D eigenvalue weighted by Crippen LogP contribution is -2.20. The van der Waals surface area contributed by atoms with Gasteiger partial charge in [0.05, 0.1) is 27.0 Å². The van der Waals surface area contributed by atoms with Crippen LogP contribution in [0.4, 0.5) is 0 Å². The van der Waals surface area contributed by atoms with E-state index in [-0.39, 0.29) is 5.70 Å². The summed E-state index contributed by atoms with van der Waals surface area (Å²) in [5.74, 6) is -0.245. The summed E-state index contributed by atoms with van der Waals surface area (Å²) in [5.41, 5.74) is 7.57. The van der Waals surface area contributed by atoms with Crippen LogP contribution in [0.2, 0.25) is 0 Å². The molecule has 0 aromatic heterocycles. The van der Waals surface area contributed by atoms with E-state index in [4.69, 9.17) is 14.2 Å². The first-order valence-corrected chi connectivity index (χ1v) is 10.2. The minimum Gasteiger partial charge on any atom is -0.497 e. The SMILES string of the molecule is COC(=O)/C(=C/C(=O)c1cc(OC)cc(OC)c1)NN=C1c2ccccc2-c2ccccc21. The predicted octanol–water partition coefficient (Wildman–Crippen LogP) is 3.97. The van der Waals surface area contributed by atoms with Crippen LogP contribution in [-0.2, 0) is 9.53 Å². The number of esters is 1. The molecule has 166 valence electrons. The molecule has 0 saturated carbocycles. The maximum absolute atomic E-state index is 12.9. The molecule has 0 atom stereocenters. The van der Waals surface area contributed by atoms with Crippen molar-refractivity contribution in [2.45, 2.75) is 0 Å². The van der Waals surface area contributed by atoms with Crippen LogP contribution in [-0.4, -0.2) is 38.8 Å². The number of nitrogens with one attached hydrogen (secondary N) is 1. The zero-order valence-electron chi connectivity index (χ0n) is 18.4. The van der Waals surface area contributed by atoms with E-state index in [0.29, 0.717) is 22.8 Å². The van der Waals surface area contributed by atoms with Gasteiger partial charge in [0, 0.05) is 28.8 Å². The van der Waals surface area contributed by atoms with Gasteiger partial charge in [0.15, 0.2) is 5.78 Å². The Morgan fingerprint density at radius 1 is 0.788 bits per heavy atom. The predicted molar refractivity (Wildman–Crippen MR) is 125 cm³/mol. The highest BCUT2D eigenvalue weighted by Gasteiger charge is 2.24. The molecule has 1 aliphatic carbocycles. The third kappa shape index (κ3) is 4.34. The monoisotopic (exact) mass is 442 g/mol. The number of hydrogen-bond donors (Lipinski definition) is 1. The molecule has 3 aromatic carbocycles. The first-order chi connectivity index (χ1) is 16.0. The van der Waals surface area contributed by atoms with Crippen molar-refractivity contribution in [2.75, 3.05) is 21.3 Å². The molecule has 7 heteroatoms. The average molecular weight is 442 g/mol. The number of rotatable bonds is 7. The fraction of sp³-hybridized carbons (Fsp3) is 0.115. The molecule has 0 heterocycles. The van der Waals surface area contributed by atoms with Crippen LogP contribution in [0.3, 0.4) is 0 Å². The average Bonchev–Trinajstić information content (AvgIpc) is 3.19. The Labute approximate surface area is 191 Å². The smallest absolute Gasteiger partial charge is 0.356 e. The Balaban J connectivity index is 1.70. The molecule has 33 heavy (non-hydrogen) atoms. The number of ether oxygens (including phenoxy) is 3. The van der Waals surface area contributed by atoms with Crippen molar-refractivity contribution in [3.63, 3.8) is 0 Å². The van der Waals surface area contributed by atoms with Gasteiger partial charge in [-0.15, -0.1) is 0 Å². The lowest BCUT2D eigenvalue weighted by Gasteiger charge is -2.09. The van der Waals surface area contributed by atoms with Crippen molar-refractivity contribution in [1.82, 2.24) is 5.43 Å². The van der Waals surface area contributed by atoms with E-state index >= 15 is 0 Å². The van der Waals surface area contributed by atoms with Gasteiger partial charge >= 0.3 is 5.97 Å². The third-order valence-corrected chi connectivity index (χ3v) is 5.26. The first-order valence-electron chi connectivity index (χ1n) is 10.2. The summed E-state index contributed by atoms with van der Waals surface area (Å²) in [6.07, 6.45) is 1.15. The van der Waals surface area contributed by atoms with E-state index in [9.17, 15) is 9.59 Å². The molecule has 0 saturated heterocycles. The molecular formula is C26H22N2O5. The second-order valence-corrected chi connectivity index (χ2v) is 7.18. The molecule has 0 aliphatic heterocycles. The fourth-order valence-electron chi connectivity index (χ4n) is 3.64. The number of benzene rings is 3. The van der Waals surface area contributed by atoms with Crippen LogP contribution in [0.15, 0.2) is 83.6 Å². The number of nitrogens with zero attached hydrogens (tertiary/aromatic N) is 1. The van der Waals surface area contributed by atoms with Gasteiger partial charge in [-0.05, 0) is 23.3 Å². The maximum Gasteiger partial charge on any atom is 0.356 e. The Hall–Kier alpha value is -4.39. The number of allylic oxidation sites excluding steroid dienone is 1. The van der Waals surface area contributed by atoms with Crippen molar-refractivity contribution in [3.05, 3.63) is 95.2 Å². The van der Waals surface area contributed by atoms with Gasteiger partial charge in [0.2, 0.25) is 0 Å². The van der Waals surface area contributed by atoms with Gasteiger partial charge in [-0.1, -0.05) is 48.5 Å². The van der Waals surface area contributed by atoms with Crippen molar-refractivity contribution in [1.29, 1.82) is 0 Å². The van der Waals surface area contributed by atoms with Gasteiger partial charge < -0.3 is 14.2 Å². The summed E-state index contributed by atoms with van der Waals surface area (Å²) in [6.45, 7) is 0. The van der Waals surface area contributed by atoms with Gasteiger partial charge in [-0.3, -0.25) is 10.2 Å². The molecule has 7 nitrogen and oxygen atoms in total. The van der Waals surface area contributed by atoms with Crippen molar-refractivity contribution in [3.8, 4) is 22.6 Å². The van der Waals surface area contributed by atoms with Crippen LogP contribution in [0.1, 0.15) is 21.5 Å². The molecule has 3 aromatic rings. The molecule has 4 rings (SSSR count). The van der Waals surface area contributed by atoms with Gasteiger partial charge in [0.25, 0.3) is 0 Å². The fourth-order valence-corrected chi connectivity index (χ4v) is 3.64. The van der Waals surface area contributed by atoms with Crippen molar-refractivity contribution < 1.29 is 23.8 Å². The Morgan fingerprint density at radius 2 is 1.30 bits per heavy atom. The van der Waals surface area contributed by atoms with E-state index in [1.54, 1.807) is 18.2 Å². The molecule has 1 aliphatic rings. The summed E-state index contributed by atoms with van der Waals surface area (Å²) in [6, 6.07) is 20.5. The summed E-state index contributed by atoms with van der Waals surface area (Å²) in [7, 11) is 4.23. The number of hydrazone groups is 1. The lowest BCUT2D eigenvalue weighted by molar-refractivity contribution is -0.136. The quantitative estimate of drug-likeness (QED) is 0.202. The highest BCUT2D eigenvalue weighted by molar-refractivity contribution is 6.24. The molecule has 0 amide bonds. The van der Waals surface area contributed by atoms with E-state index in [1.165, 1.54) is 21.3 Å². The van der Waals surface area contributed by atoms with Gasteiger partial charge in [-0.2, -0.15) is 5.10 Å². The Bertz CT molecular complexity index is 1220. The van der Waals surface area contributed by atoms with E-state index in [1.807, 2.05) is 48.5 Å².